The lowest BCUT2D eigenvalue weighted by molar-refractivity contribution is -0.384. The van der Waals surface area contributed by atoms with Crippen LogP contribution in [0, 0.1) is 10.1 Å². The summed E-state index contributed by atoms with van der Waals surface area (Å²) in [5.74, 6) is 0. The Labute approximate surface area is 152 Å². The van der Waals surface area contributed by atoms with E-state index in [4.69, 9.17) is 0 Å². The highest BCUT2D eigenvalue weighted by molar-refractivity contribution is 6.16. The lowest BCUT2D eigenvalue weighted by Crippen LogP contribution is -2.14. The van der Waals surface area contributed by atoms with Crippen molar-refractivity contribution in [1.29, 1.82) is 0 Å². The topological polar surface area (TPSA) is 80.8 Å². The van der Waals surface area contributed by atoms with Crippen molar-refractivity contribution >= 4 is 49.6 Å². The Bertz CT molecular complexity index is 1450. The molecule has 0 atom stereocenters. The van der Waals surface area contributed by atoms with E-state index in [9.17, 15) is 14.9 Å². The molecule has 0 unspecified atom stereocenters. The summed E-state index contributed by atoms with van der Waals surface area (Å²) < 4.78 is 1.48. The van der Waals surface area contributed by atoms with Crippen LogP contribution in [0.1, 0.15) is 0 Å². The summed E-state index contributed by atoms with van der Waals surface area (Å²) in [5.41, 5.74) is 2.23. The fourth-order valence-corrected chi connectivity index (χ4v) is 3.71. The highest BCUT2D eigenvalue weighted by Crippen LogP contribution is 2.33. The number of non-ortho nitro benzene ring substituents is 1. The molecule has 7 heteroatoms. The average molecular weight is 358 g/mol. The van der Waals surface area contributed by atoms with E-state index in [-0.39, 0.29) is 11.2 Å². The molecule has 0 bridgehead atoms. The van der Waals surface area contributed by atoms with E-state index in [2.05, 4.69) is 4.98 Å². The second-order valence-corrected chi connectivity index (χ2v) is 6.80. The lowest BCUT2D eigenvalue weighted by atomic mass is 10.0. The smallest absolute Gasteiger partial charge is 0.271 e. The van der Waals surface area contributed by atoms with Crippen LogP contribution in [0.4, 0.5) is 11.4 Å². The number of fused-ring (bicyclic) bond motifs is 4. The van der Waals surface area contributed by atoms with Crippen LogP contribution in [-0.2, 0) is 0 Å². The molecule has 0 aliphatic carbocycles. The highest BCUT2D eigenvalue weighted by atomic mass is 16.6. The monoisotopic (exact) mass is 358 g/mol. The Balaban J connectivity index is 2.08. The van der Waals surface area contributed by atoms with Crippen LogP contribution in [0.5, 0.6) is 0 Å². The molecule has 3 aromatic carbocycles. The Morgan fingerprint density at radius 1 is 1.07 bits per heavy atom. The van der Waals surface area contributed by atoms with E-state index >= 15 is 0 Å². The molecule has 0 aliphatic rings. The van der Waals surface area contributed by atoms with Crippen molar-refractivity contribution in [2.24, 2.45) is 0 Å². The minimum atomic E-state index is -0.467. The zero-order chi connectivity index (χ0) is 18.9. The number of imidazole rings is 1. The Hall–Kier alpha value is -3.74. The van der Waals surface area contributed by atoms with Gasteiger partial charge in [0.05, 0.1) is 16.0 Å². The van der Waals surface area contributed by atoms with Crippen LogP contribution < -0.4 is 10.5 Å². The maximum atomic E-state index is 13.2. The molecule has 0 saturated heterocycles. The number of nitrogens with zero attached hydrogens (tertiary/aromatic N) is 4. The number of nitro benzene ring substituents is 1. The number of hydrogen-bond acceptors (Lipinski definition) is 5. The summed E-state index contributed by atoms with van der Waals surface area (Å²) in [5, 5.41) is 14.4. The van der Waals surface area contributed by atoms with Gasteiger partial charge in [0.1, 0.15) is 5.65 Å². The van der Waals surface area contributed by atoms with Crippen molar-refractivity contribution in [3.05, 3.63) is 69.0 Å². The SMILES string of the molecule is CN(C)c1cc2cccc3c(=O)n4c5cc([N+](=O)[O-])ccc5nc4c(c1)c23. The van der Waals surface area contributed by atoms with Crippen LogP contribution in [0.25, 0.3) is 38.2 Å². The molecule has 2 aromatic heterocycles. The predicted molar refractivity (Wildman–Crippen MR) is 106 cm³/mol. The van der Waals surface area contributed by atoms with Gasteiger partial charge in [0.25, 0.3) is 11.2 Å². The number of rotatable bonds is 2. The van der Waals surface area contributed by atoms with E-state index < -0.39 is 4.92 Å². The average Bonchev–Trinajstić information content (AvgIpc) is 3.04. The summed E-state index contributed by atoms with van der Waals surface area (Å²) in [6.45, 7) is 0. The molecule has 132 valence electrons. The zero-order valence-corrected chi connectivity index (χ0v) is 14.6. The maximum Gasteiger partial charge on any atom is 0.271 e. The van der Waals surface area contributed by atoms with Gasteiger partial charge in [-0.25, -0.2) is 4.98 Å². The van der Waals surface area contributed by atoms with Gasteiger partial charge < -0.3 is 4.90 Å². The first-order chi connectivity index (χ1) is 13.0. The number of hydrogen-bond donors (Lipinski definition) is 0. The highest BCUT2D eigenvalue weighted by Gasteiger charge is 2.18. The molecule has 0 aliphatic heterocycles. The molecule has 0 saturated carbocycles. The number of benzene rings is 3. The number of pyridine rings is 1. The quantitative estimate of drug-likeness (QED) is 0.356. The zero-order valence-electron chi connectivity index (χ0n) is 14.6. The van der Waals surface area contributed by atoms with Crippen molar-refractivity contribution in [2.45, 2.75) is 0 Å². The van der Waals surface area contributed by atoms with E-state index in [1.807, 2.05) is 43.3 Å². The van der Waals surface area contributed by atoms with E-state index in [1.165, 1.54) is 16.5 Å². The molecular formula is C20H14N4O3. The molecule has 0 spiro atoms. The van der Waals surface area contributed by atoms with Crippen molar-refractivity contribution in [1.82, 2.24) is 9.38 Å². The second kappa shape index (κ2) is 5.14. The molecule has 7 nitrogen and oxygen atoms in total. The molecule has 5 aromatic rings. The van der Waals surface area contributed by atoms with Crippen LogP contribution in [-0.4, -0.2) is 28.4 Å². The minimum absolute atomic E-state index is 0.0657. The summed E-state index contributed by atoms with van der Waals surface area (Å²) in [6, 6.07) is 14.1. The molecule has 0 amide bonds. The minimum Gasteiger partial charge on any atom is -0.378 e. The lowest BCUT2D eigenvalue weighted by Gasteiger charge is -2.15. The van der Waals surface area contributed by atoms with Gasteiger partial charge in [0.2, 0.25) is 0 Å². The van der Waals surface area contributed by atoms with Gasteiger partial charge in [-0.1, -0.05) is 12.1 Å². The van der Waals surface area contributed by atoms with Gasteiger partial charge >= 0.3 is 0 Å². The standard InChI is InChI=1S/C20H14N4O3/c1-22(2)13-8-11-4-3-5-14-18(11)15(9-13)19-21-16-7-6-12(24(26)27)10-17(16)23(19)20(14)25/h3-10H,1-2H3. The van der Waals surface area contributed by atoms with Crippen LogP contribution in [0.2, 0.25) is 0 Å². The Kier molecular flexibility index (Phi) is 2.95. The largest absolute Gasteiger partial charge is 0.378 e. The molecule has 27 heavy (non-hydrogen) atoms. The third-order valence-electron chi connectivity index (χ3n) is 5.00. The number of aromatic nitrogens is 2. The van der Waals surface area contributed by atoms with Crippen molar-refractivity contribution in [2.75, 3.05) is 19.0 Å². The van der Waals surface area contributed by atoms with Gasteiger partial charge in [0, 0.05) is 48.1 Å². The Morgan fingerprint density at radius 3 is 2.63 bits per heavy atom. The summed E-state index contributed by atoms with van der Waals surface area (Å²) in [7, 11) is 3.91. The third kappa shape index (κ3) is 2.02. The van der Waals surface area contributed by atoms with E-state index in [0.29, 0.717) is 22.1 Å². The third-order valence-corrected chi connectivity index (χ3v) is 5.00. The molecule has 0 radical (unpaired) electrons. The first kappa shape index (κ1) is 15.5. The number of anilines is 1. The van der Waals surface area contributed by atoms with Gasteiger partial charge in [-0.3, -0.25) is 19.3 Å². The molecule has 0 fully saturated rings. The van der Waals surface area contributed by atoms with Crippen LogP contribution >= 0.6 is 0 Å². The van der Waals surface area contributed by atoms with Crippen molar-refractivity contribution in [3.8, 4) is 0 Å². The first-order valence-corrected chi connectivity index (χ1v) is 8.42. The van der Waals surface area contributed by atoms with Crippen LogP contribution in [0.15, 0.2) is 53.3 Å². The summed E-state index contributed by atoms with van der Waals surface area (Å²) >= 11 is 0. The molecule has 5 rings (SSSR count). The fourth-order valence-electron chi connectivity index (χ4n) is 3.71. The summed E-state index contributed by atoms with van der Waals surface area (Å²) in [4.78, 5) is 30.5. The van der Waals surface area contributed by atoms with Gasteiger partial charge in [0.15, 0.2) is 0 Å². The second-order valence-electron chi connectivity index (χ2n) is 6.80. The van der Waals surface area contributed by atoms with Gasteiger partial charge in [-0.2, -0.15) is 0 Å². The first-order valence-electron chi connectivity index (χ1n) is 8.42. The summed E-state index contributed by atoms with van der Waals surface area (Å²) in [6.07, 6.45) is 0. The maximum absolute atomic E-state index is 13.2. The van der Waals surface area contributed by atoms with Crippen molar-refractivity contribution in [3.63, 3.8) is 0 Å². The van der Waals surface area contributed by atoms with Crippen LogP contribution in [0.3, 0.4) is 0 Å². The van der Waals surface area contributed by atoms with E-state index in [0.717, 1.165) is 21.8 Å². The van der Waals surface area contributed by atoms with Gasteiger partial charge in [-0.05, 0) is 29.7 Å². The van der Waals surface area contributed by atoms with E-state index in [1.54, 1.807) is 12.1 Å². The Morgan fingerprint density at radius 2 is 1.89 bits per heavy atom. The van der Waals surface area contributed by atoms with Gasteiger partial charge in [-0.15, -0.1) is 0 Å². The predicted octanol–water partition coefficient (Wildman–Crippen LogP) is 3.57. The normalized spacial score (nSPS) is 11.8. The van der Waals surface area contributed by atoms with Crippen molar-refractivity contribution < 1.29 is 4.92 Å². The fraction of sp³-hybridized carbons (Fsp3) is 0.100. The number of nitro groups is 1. The molecule has 0 N–H and O–H groups in total. The molecule has 2 heterocycles. The molecular weight excluding hydrogens is 344 g/mol.